The number of nitrogens with zero attached hydrogens (tertiary/aromatic N) is 5. The number of aliphatic hydroxyl groups is 1. The van der Waals surface area contributed by atoms with E-state index in [1.54, 1.807) is 17.7 Å². The molecule has 1 aromatic heterocycles. The number of hydrogen-bond donors (Lipinski definition) is 1. The quantitative estimate of drug-likeness (QED) is 0.351. The first-order valence-corrected chi connectivity index (χ1v) is 12.5. The van der Waals surface area contributed by atoms with Gasteiger partial charge in [0, 0.05) is 16.3 Å². The highest BCUT2D eigenvalue weighted by molar-refractivity contribution is 7.99. The fourth-order valence-corrected chi connectivity index (χ4v) is 5.88. The van der Waals surface area contributed by atoms with E-state index in [4.69, 9.17) is 46.4 Å². The van der Waals surface area contributed by atoms with E-state index in [0.29, 0.717) is 33.5 Å². The minimum atomic E-state index is -1.35. The number of aromatic nitrogens is 3. The molecule has 3 aromatic rings. The Labute approximate surface area is 221 Å². The molecule has 174 valence electrons. The molecule has 0 aliphatic heterocycles. The van der Waals surface area contributed by atoms with Crippen molar-refractivity contribution in [2.45, 2.75) is 53.3 Å². The minimum Gasteiger partial charge on any atom is -0.386 e. The molecule has 2 aromatic carbocycles. The Morgan fingerprint density at radius 3 is 2.44 bits per heavy atom. The van der Waals surface area contributed by atoms with Crippen LogP contribution in [-0.2, 0) is 13.0 Å². The normalized spacial score (nSPS) is 15.9. The third kappa shape index (κ3) is 4.50. The Balaban J connectivity index is 1.71. The Hall–Kier alpha value is -1.97. The molecular formula is C23H17Cl4N5OS. The van der Waals surface area contributed by atoms with Crippen LogP contribution in [0.25, 0.3) is 0 Å². The SMILES string of the molecule is Cc1c(Cl)c(C#N)c(Cl)c(C#N)c1Sc1ncnn1CC(O)(Cc1ccccc1Cl)C1(Cl)CC1. The summed E-state index contributed by atoms with van der Waals surface area (Å²) in [6, 6.07) is 11.3. The molecule has 0 bridgehead atoms. The lowest BCUT2D eigenvalue weighted by Gasteiger charge is -2.33. The van der Waals surface area contributed by atoms with E-state index in [9.17, 15) is 15.6 Å². The summed E-state index contributed by atoms with van der Waals surface area (Å²) in [4.78, 5) is 3.97. The highest BCUT2D eigenvalue weighted by Crippen LogP contribution is 2.53. The van der Waals surface area contributed by atoms with Crippen LogP contribution in [0.3, 0.4) is 0 Å². The fraction of sp³-hybridized carbons (Fsp3) is 0.304. The fourth-order valence-electron chi connectivity index (χ4n) is 3.79. The highest BCUT2D eigenvalue weighted by Gasteiger charge is 2.58. The summed E-state index contributed by atoms with van der Waals surface area (Å²) in [6.45, 7) is 1.76. The van der Waals surface area contributed by atoms with Gasteiger partial charge in [-0.3, -0.25) is 0 Å². The number of halogens is 4. The maximum atomic E-state index is 11.7. The second-order valence-corrected chi connectivity index (χ2v) is 11.0. The summed E-state index contributed by atoms with van der Waals surface area (Å²) in [5, 5.41) is 36.2. The zero-order valence-corrected chi connectivity index (χ0v) is 21.7. The number of alkyl halides is 1. The predicted molar refractivity (Wildman–Crippen MR) is 133 cm³/mol. The molecule has 6 nitrogen and oxygen atoms in total. The van der Waals surface area contributed by atoms with Crippen LogP contribution in [-0.4, -0.2) is 30.3 Å². The molecule has 34 heavy (non-hydrogen) atoms. The van der Waals surface area contributed by atoms with Gasteiger partial charge in [0.25, 0.3) is 0 Å². The van der Waals surface area contributed by atoms with Gasteiger partial charge >= 0.3 is 0 Å². The van der Waals surface area contributed by atoms with Crippen molar-refractivity contribution in [3.63, 3.8) is 0 Å². The van der Waals surface area contributed by atoms with Gasteiger partial charge in [0.15, 0.2) is 5.16 Å². The molecule has 4 rings (SSSR count). The van der Waals surface area contributed by atoms with Crippen LogP contribution in [0.1, 0.15) is 35.1 Å². The van der Waals surface area contributed by atoms with Gasteiger partial charge in [0.2, 0.25) is 0 Å². The largest absolute Gasteiger partial charge is 0.386 e. The molecule has 1 fully saturated rings. The molecule has 0 spiro atoms. The minimum absolute atomic E-state index is 0.0120. The third-order valence-corrected chi connectivity index (χ3v) is 9.09. The van der Waals surface area contributed by atoms with E-state index in [-0.39, 0.29) is 34.1 Å². The Morgan fingerprint density at radius 2 is 1.82 bits per heavy atom. The molecule has 0 saturated heterocycles. The topological polar surface area (TPSA) is 98.5 Å². The Bertz CT molecular complexity index is 1360. The van der Waals surface area contributed by atoms with Crippen LogP contribution in [0.5, 0.6) is 0 Å². The molecule has 11 heteroatoms. The highest BCUT2D eigenvalue weighted by atomic mass is 35.5. The van der Waals surface area contributed by atoms with Crippen molar-refractivity contribution in [3.8, 4) is 12.1 Å². The van der Waals surface area contributed by atoms with Crippen LogP contribution >= 0.6 is 58.2 Å². The van der Waals surface area contributed by atoms with Gasteiger partial charge in [-0.15, -0.1) is 11.6 Å². The van der Waals surface area contributed by atoms with Gasteiger partial charge in [-0.25, -0.2) is 9.67 Å². The van der Waals surface area contributed by atoms with Gasteiger partial charge in [0.1, 0.15) is 24.1 Å². The van der Waals surface area contributed by atoms with E-state index in [1.165, 1.54) is 6.33 Å². The third-order valence-electron chi connectivity index (χ3n) is 5.93. The average molecular weight is 553 g/mol. The van der Waals surface area contributed by atoms with Crippen LogP contribution in [0.4, 0.5) is 0 Å². The van der Waals surface area contributed by atoms with Crippen molar-refractivity contribution in [1.82, 2.24) is 14.8 Å². The van der Waals surface area contributed by atoms with Gasteiger partial charge in [-0.05, 0) is 48.7 Å². The summed E-state index contributed by atoms with van der Waals surface area (Å²) in [5.74, 6) is 0. The maximum Gasteiger partial charge on any atom is 0.191 e. The molecule has 0 amide bonds. The Kier molecular flexibility index (Phi) is 7.09. The zero-order valence-electron chi connectivity index (χ0n) is 17.8. The molecule has 1 aliphatic rings. The first kappa shape index (κ1) is 25.1. The second-order valence-electron chi connectivity index (χ2n) is 8.12. The van der Waals surface area contributed by atoms with E-state index < -0.39 is 10.5 Å². The van der Waals surface area contributed by atoms with Gasteiger partial charge in [-0.1, -0.05) is 53.0 Å². The van der Waals surface area contributed by atoms with Gasteiger partial charge in [0.05, 0.1) is 32.6 Å². The molecule has 1 aliphatic carbocycles. The molecular weight excluding hydrogens is 536 g/mol. The van der Waals surface area contributed by atoms with Crippen LogP contribution in [0.15, 0.2) is 40.6 Å². The lowest BCUT2D eigenvalue weighted by atomic mass is 9.89. The number of nitriles is 2. The van der Waals surface area contributed by atoms with Crippen LogP contribution in [0.2, 0.25) is 15.1 Å². The van der Waals surface area contributed by atoms with Crippen molar-refractivity contribution >= 4 is 58.2 Å². The van der Waals surface area contributed by atoms with Crippen molar-refractivity contribution in [3.05, 3.63) is 67.9 Å². The van der Waals surface area contributed by atoms with Gasteiger partial charge < -0.3 is 5.11 Å². The van der Waals surface area contributed by atoms with Crippen molar-refractivity contribution < 1.29 is 5.11 Å². The molecule has 1 saturated carbocycles. The molecule has 0 radical (unpaired) electrons. The smallest absolute Gasteiger partial charge is 0.191 e. The number of benzene rings is 2. The van der Waals surface area contributed by atoms with E-state index in [2.05, 4.69) is 16.2 Å². The monoisotopic (exact) mass is 551 g/mol. The number of hydrogen-bond acceptors (Lipinski definition) is 6. The summed E-state index contributed by atoms with van der Waals surface area (Å²) in [5.41, 5.74) is 0.134. The molecule has 1 heterocycles. The van der Waals surface area contributed by atoms with Crippen LogP contribution < -0.4 is 0 Å². The first-order valence-electron chi connectivity index (χ1n) is 10.2. The molecule has 1 atom stereocenters. The first-order chi connectivity index (χ1) is 16.1. The number of rotatable bonds is 7. The average Bonchev–Trinajstić information content (AvgIpc) is 3.43. The van der Waals surface area contributed by atoms with Crippen molar-refractivity contribution in [2.24, 2.45) is 0 Å². The van der Waals surface area contributed by atoms with Gasteiger partial charge in [-0.2, -0.15) is 15.6 Å². The summed E-state index contributed by atoms with van der Waals surface area (Å²) in [7, 11) is 0. The zero-order chi connectivity index (χ0) is 24.7. The lowest BCUT2D eigenvalue weighted by molar-refractivity contribution is 0.00526. The molecule has 1 unspecified atom stereocenters. The van der Waals surface area contributed by atoms with E-state index in [1.807, 2.05) is 24.3 Å². The second kappa shape index (κ2) is 9.59. The Morgan fingerprint density at radius 1 is 1.15 bits per heavy atom. The van der Waals surface area contributed by atoms with Crippen molar-refractivity contribution in [2.75, 3.05) is 0 Å². The summed E-state index contributed by atoms with van der Waals surface area (Å²) in [6.07, 6.45) is 2.91. The summed E-state index contributed by atoms with van der Waals surface area (Å²) < 4.78 is 1.55. The van der Waals surface area contributed by atoms with Crippen molar-refractivity contribution in [1.29, 1.82) is 10.5 Å². The van der Waals surface area contributed by atoms with E-state index in [0.717, 1.165) is 17.3 Å². The maximum absolute atomic E-state index is 11.7. The van der Waals surface area contributed by atoms with E-state index >= 15 is 0 Å². The molecule has 1 N–H and O–H groups in total. The lowest BCUT2D eigenvalue weighted by Crippen LogP contribution is -2.47. The standard InChI is InChI=1S/C23H17Cl4N5OS/c1-13-18(25)15(9-28)19(26)16(10-29)20(13)34-21-30-12-31-32(21)11-23(33,22(27)6-7-22)8-14-4-2-3-5-17(14)24/h2-5,12,33H,6-8,11H2,1H3. The predicted octanol–water partition coefficient (Wildman–Crippen LogP) is 6.19. The van der Waals surface area contributed by atoms with Crippen LogP contribution in [0, 0.1) is 29.6 Å². The summed E-state index contributed by atoms with van der Waals surface area (Å²) >= 11 is 26.9.